The van der Waals surface area contributed by atoms with Gasteiger partial charge >= 0.3 is 5.97 Å². The zero-order valence-corrected chi connectivity index (χ0v) is 10.0. The van der Waals surface area contributed by atoms with E-state index in [1.54, 1.807) is 0 Å². The Morgan fingerprint density at radius 1 is 1.39 bits per heavy atom. The molecule has 0 unspecified atom stereocenters. The van der Waals surface area contributed by atoms with Gasteiger partial charge in [-0.3, -0.25) is 0 Å². The third-order valence-electron chi connectivity index (χ3n) is 2.55. The number of aromatic nitrogens is 2. The minimum Gasteiger partial charge on any atom is -0.479 e. The van der Waals surface area contributed by atoms with Crippen molar-refractivity contribution in [2.75, 3.05) is 7.11 Å². The third kappa shape index (κ3) is 2.15. The molecule has 5 heteroatoms. The SMILES string of the molecule is COc1nncc(-c2cccc(C)c2)c1C(=O)O. The van der Waals surface area contributed by atoms with E-state index in [1.807, 2.05) is 31.2 Å². The smallest absolute Gasteiger partial charge is 0.341 e. The van der Waals surface area contributed by atoms with Crippen LogP contribution in [0.3, 0.4) is 0 Å². The van der Waals surface area contributed by atoms with Crippen molar-refractivity contribution < 1.29 is 14.6 Å². The molecule has 0 atom stereocenters. The monoisotopic (exact) mass is 244 g/mol. The van der Waals surface area contributed by atoms with Crippen molar-refractivity contribution in [1.82, 2.24) is 10.2 Å². The van der Waals surface area contributed by atoms with Crippen LogP contribution in [0.2, 0.25) is 0 Å². The largest absolute Gasteiger partial charge is 0.479 e. The molecule has 0 fully saturated rings. The fourth-order valence-electron chi connectivity index (χ4n) is 1.75. The molecule has 0 aliphatic heterocycles. The highest BCUT2D eigenvalue weighted by molar-refractivity contribution is 5.98. The lowest BCUT2D eigenvalue weighted by Gasteiger charge is -2.09. The molecule has 1 heterocycles. The minimum atomic E-state index is -1.08. The molecule has 0 amide bonds. The van der Waals surface area contributed by atoms with Gasteiger partial charge < -0.3 is 9.84 Å². The Hall–Kier alpha value is -2.43. The van der Waals surface area contributed by atoms with Gasteiger partial charge in [-0.1, -0.05) is 29.8 Å². The number of carboxylic acids is 1. The van der Waals surface area contributed by atoms with E-state index < -0.39 is 5.97 Å². The highest BCUT2D eigenvalue weighted by Crippen LogP contribution is 2.28. The first-order chi connectivity index (χ1) is 8.63. The number of rotatable bonds is 3. The molecule has 2 rings (SSSR count). The fraction of sp³-hybridized carbons (Fsp3) is 0.154. The number of hydrogen-bond donors (Lipinski definition) is 1. The average molecular weight is 244 g/mol. The van der Waals surface area contributed by atoms with Crippen LogP contribution in [0.15, 0.2) is 30.5 Å². The molecule has 0 radical (unpaired) electrons. The van der Waals surface area contributed by atoms with Crippen LogP contribution in [0, 0.1) is 6.92 Å². The Kier molecular flexibility index (Phi) is 3.23. The van der Waals surface area contributed by atoms with E-state index in [1.165, 1.54) is 13.3 Å². The van der Waals surface area contributed by atoms with Crippen molar-refractivity contribution in [3.8, 4) is 17.0 Å². The van der Waals surface area contributed by atoms with Gasteiger partial charge in [0.05, 0.1) is 13.3 Å². The molecule has 0 saturated carbocycles. The predicted molar refractivity (Wildman–Crippen MR) is 65.7 cm³/mol. The summed E-state index contributed by atoms with van der Waals surface area (Å²) >= 11 is 0. The molecule has 0 aliphatic rings. The van der Waals surface area contributed by atoms with Gasteiger partial charge in [-0.25, -0.2) is 4.79 Å². The van der Waals surface area contributed by atoms with Gasteiger partial charge in [0.25, 0.3) is 0 Å². The maximum Gasteiger partial charge on any atom is 0.341 e. The fourth-order valence-corrected chi connectivity index (χ4v) is 1.75. The second kappa shape index (κ2) is 4.83. The van der Waals surface area contributed by atoms with Crippen molar-refractivity contribution in [1.29, 1.82) is 0 Å². The number of carbonyl (C=O) groups is 1. The van der Waals surface area contributed by atoms with Crippen LogP contribution in [0.4, 0.5) is 0 Å². The molecule has 0 spiro atoms. The van der Waals surface area contributed by atoms with Crippen LogP contribution in [0.1, 0.15) is 15.9 Å². The van der Waals surface area contributed by atoms with Crippen LogP contribution in [-0.4, -0.2) is 28.4 Å². The van der Waals surface area contributed by atoms with E-state index in [4.69, 9.17) is 4.74 Å². The van der Waals surface area contributed by atoms with Gasteiger partial charge in [0.15, 0.2) is 0 Å². The van der Waals surface area contributed by atoms with Gasteiger partial charge in [-0.15, -0.1) is 5.10 Å². The van der Waals surface area contributed by atoms with E-state index in [2.05, 4.69) is 10.2 Å². The summed E-state index contributed by atoms with van der Waals surface area (Å²) in [5.74, 6) is -1.07. The zero-order chi connectivity index (χ0) is 13.1. The van der Waals surface area contributed by atoms with Crippen LogP contribution >= 0.6 is 0 Å². The number of carboxylic acid groups (broad SMARTS) is 1. The van der Waals surface area contributed by atoms with Crippen molar-refractivity contribution in [2.45, 2.75) is 6.92 Å². The standard InChI is InChI=1S/C13H12N2O3/c1-8-4-3-5-9(6-8)10-7-14-15-12(18-2)11(10)13(16)17/h3-7H,1-2H3,(H,16,17). The van der Waals surface area contributed by atoms with E-state index >= 15 is 0 Å². The van der Waals surface area contributed by atoms with Gasteiger partial charge in [0.2, 0.25) is 5.88 Å². The molecule has 92 valence electrons. The maximum absolute atomic E-state index is 11.3. The van der Waals surface area contributed by atoms with Gasteiger partial charge in [0, 0.05) is 5.56 Å². The van der Waals surface area contributed by atoms with Crippen LogP contribution in [-0.2, 0) is 0 Å². The van der Waals surface area contributed by atoms with Crippen molar-refractivity contribution in [3.05, 3.63) is 41.6 Å². The first-order valence-corrected chi connectivity index (χ1v) is 5.33. The first-order valence-electron chi connectivity index (χ1n) is 5.33. The second-order valence-corrected chi connectivity index (χ2v) is 3.82. The average Bonchev–Trinajstić information content (AvgIpc) is 2.37. The normalized spacial score (nSPS) is 10.1. The van der Waals surface area contributed by atoms with Crippen LogP contribution in [0.5, 0.6) is 5.88 Å². The summed E-state index contributed by atoms with van der Waals surface area (Å²) in [5.41, 5.74) is 2.34. The first kappa shape index (κ1) is 12.0. The Bertz CT molecular complexity index is 597. The Morgan fingerprint density at radius 2 is 2.17 bits per heavy atom. The lowest BCUT2D eigenvalue weighted by atomic mass is 10.0. The highest BCUT2D eigenvalue weighted by Gasteiger charge is 2.19. The molecule has 18 heavy (non-hydrogen) atoms. The Morgan fingerprint density at radius 3 is 2.78 bits per heavy atom. The molecule has 1 N–H and O–H groups in total. The van der Waals surface area contributed by atoms with E-state index in [0.29, 0.717) is 5.56 Å². The lowest BCUT2D eigenvalue weighted by Crippen LogP contribution is -2.06. The Labute approximate surface area is 104 Å². The van der Waals surface area contributed by atoms with Crippen LogP contribution < -0.4 is 4.74 Å². The summed E-state index contributed by atoms with van der Waals surface area (Å²) < 4.78 is 4.94. The van der Waals surface area contributed by atoms with Crippen LogP contribution in [0.25, 0.3) is 11.1 Å². The third-order valence-corrected chi connectivity index (χ3v) is 2.55. The summed E-state index contributed by atoms with van der Waals surface area (Å²) in [6, 6.07) is 7.53. The number of hydrogen-bond acceptors (Lipinski definition) is 4. The molecular weight excluding hydrogens is 232 g/mol. The van der Waals surface area contributed by atoms with Gasteiger partial charge in [-0.2, -0.15) is 5.10 Å². The van der Waals surface area contributed by atoms with Crippen molar-refractivity contribution in [3.63, 3.8) is 0 Å². The summed E-state index contributed by atoms with van der Waals surface area (Å²) in [6.45, 7) is 1.94. The highest BCUT2D eigenvalue weighted by atomic mass is 16.5. The Balaban J connectivity index is 2.67. The molecule has 0 saturated heterocycles. The number of methoxy groups -OCH3 is 1. The predicted octanol–water partition coefficient (Wildman–Crippen LogP) is 2.16. The number of ether oxygens (including phenoxy) is 1. The maximum atomic E-state index is 11.3. The number of benzene rings is 1. The topological polar surface area (TPSA) is 72.3 Å². The van der Waals surface area contributed by atoms with Gasteiger partial charge in [-0.05, 0) is 12.5 Å². The molecule has 0 aliphatic carbocycles. The lowest BCUT2D eigenvalue weighted by molar-refractivity contribution is 0.0693. The molecule has 2 aromatic rings. The summed E-state index contributed by atoms with van der Waals surface area (Å²) in [5, 5.41) is 16.7. The van der Waals surface area contributed by atoms with Crippen molar-refractivity contribution in [2.24, 2.45) is 0 Å². The molecule has 0 bridgehead atoms. The van der Waals surface area contributed by atoms with E-state index in [9.17, 15) is 9.90 Å². The molecule has 1 aromatic heterocycles. The van der Waals surface area contributed by atoms with Crippen molar-refractivity contribution >= 4 is 5.97 Å². The second-order valence-electron chi connectivity index (χ2n) is 3.82. The van der Waals surface area contributed by atoms with E-state index in [-0.39, 0.29) is 11.4 Å². The number of aryl methyl sites for hydroxylation is 1. The molecule has 1 aromatic carbocycles. The zero-order valence-electron chi connectivity index (χ0n) is 10.0. The quantitative estimate of drug-likeness (QED) is 0.895. The minimum absolute atomic E-state index is 0.0153. The summed E-state index contributed by atoms with van der Waals surface area (Å²) in [7, 11) is 1.37. The number of nitrogens with zero attached hydrogens (tertiary/aromatic N) is 2. The van der Waals surface area contributed by atoms with Gasteiger partial charge in [0.1, 0.15) is 5.56 Å². The number of aromatic carboxylic acids is 1. The van der Waals surface area contributed by atoms with E-state index in [0.717, 1.165) is 11.1 Å². The summed E-state index contributed by atoms with van der Waals surface area (Å²) in [6.07, 6.45) is 1.43. The molecule has 5 nitrogen and oxygen atoms in total. The molecular formula is C13H12N2O3. The summed E-state index contributed by atoms with van der Waals surface area (Å²) in [4.78, 5) is 11.3.